The summed E-state index contributed by atoms with van der Waals surface area (Å²) in [7, 11) is 5.81. The molecule has 2 aromatic carbocycles. The van der Waals surface area contributed by atoms with Gasteiger partial charge in [0.15, 0.2) is 5.78 Å². The maximum absolute atomic E-state index is 14.5. The number of unbranched alkanes of at least 4 members (excludes halogenated alkanes) is 2. The third kappa shape index (κ3) is 18.4. The molecular formula is C64H87Cl2N5O16. The smallest absolute Gasteiger partial charge is 0.328 e. The van der Waals surface area contributed by atoms with E-state index in [0.29, 0.717) is 49.3 Å². The number of urea groups is 1. The van der Waals surface area contributed by atoms with Crippen LogP contribution >= 0.6 is 23.2 Å². The maximum Gasteiger partial charge on any atom is 0.328 e. The molecule has 478 valence electrons. The Kier molecular flexibility index (Phi) is 25.0. The lowest BCUT2D eigenvalue weighted by molar-refractivity contribution is -0.187. The molecular weight excluding hydrogens is 1170 g/mol. The van der Waals surface area contributed by atoms with Gasteiger partial charge in [-0.05, 0) is 113 Å². The highest BCUT2D eigenvalue weighted by Crippen LogP contribution is 2.50. The van der Waals surface area contributed by atoms with E-state index in [0.717, 1.165) is 35.3 Å². The van der Waals surface area contributed by atoms with Crippen LogP contribution in [0, 0.1) is 23.7 Å². The summed E-state index contributed by atoms with van der Waals surface area (Å²) in [5, 5.41) is 17.5. The monoisotopic (exact) mass is 1250 g/mol. The molecule has 87 heavy (non-hydrogen) atoms. The molecule has 0 radical (unpaired) electrons. The average Bonchev–Trinajstić information content (AvgIpc) is 1.59. The molecule has 10 atom stereocenters. The van der Waals surface area contributed by atoms with Crippen LogP contribution in [-0.4, -0.2) is 152 Å². The van der Waals surface area contributed by atoms with E-state index < -0.39 is 107 Å². The topological polar surface area (TPSA) is 289 Å². The molecule has 6 rings (SSSR count). The van der Waals surface area contributed by atoms with Gasteiger partial charge in [0.2, 0.25) is 11.8 Å². The number of carbonyl (C=O) groups is 9. The van der Waals surface area contributed by atoms with Crippen LogP contribution in [0.3, 0.4) is 0 Å². The summed E-state index contributed by atoms with van der Waals surface area (Å²) in [5.41, 5.74) is 4.61. The number of Topliss-reactive ketones (excluding diaryl/α,β-unsaturated/α-hetero) is 2. The van der Waals surface area contributed by atoms with Gasteiger partial charge in [0, 0.05) is 65.3 Å². The highest BCUT2D eigenvalue weighted by Gasteiger charge is 2.64. The van der Waals surface area contributed by atoms with Gasteiger partial charge in [-0.25, -0.2) is 9.59 Å². The number of ketones is 2. The van der Waals surface area contributed by atoms with Gasteiger partial charge in [0.1, 0.15) is 52.1 Å². The summed E-state index contributed by atoms with van der Waals surface area (Å²) in [6.07, 6.45) is 6.08. The van der Waals surface area contributed by atoms with E-state index >= 15 is 0 Å². The van der Waals surface area contributed by atoms with Crippen LogP contribution in [0.15, 0.2) is 54.1 Å². The first kappa shape index (κ1) is 69.7. The van der Waals surface area contributed by atoms with Crippen LogP contribution < -0.4 is 26.0 Å². The molecule has 5 N–H and O–H groups in total. The number of aliphatic hydroxyl groups is 1. The number of likely N-dealkylation sites (N-methyl/N-ethyl adjacent to an activating group) is 1. The van der Waals surface area contributed by atoms with E-state index in [1.165, 1.54) is 58.3 Å². The minimum atomic E-state index is -1.67. The Morgan fingerprint density at radius 1 is 1.00 bits per heavy atom. The standard InChI is InChI=1S/C64H87Cl2N5O16/c1-36(2)45(32-43(72)20-12-11-13-26-84-61(79)42-18-15-19-42)58(76)69-47(21-16-25-68-62(67)80)49(73)30-40-23-24-44(46(65)28-40)59(77)70(7)39(5)60(78)86-53-33-54(74)71(8)48-29-41(31-50(82-9)56(48)66)27-37(3)17-14-22-52(83-10)64(81)34-51(85-55(75)35-64)38(4)57-63(53,6)87-57/h14,17,22-24,28-29,31,36,38-39,42,45,47,51-53,57,81H,11-13,15-16,18-21,25-27,30,32-35H2,1-10H3,(H,69,76)(H3,67,68,80)/b22-14+,37-17+/t38-,39+,45+,47+,51+,52-,53+,57+,63+,64-/m1/s1. The molecule has 3 heterocycles. The number of hydrogen-bond acceptors (Lipinski definition) is 16. The second-order valence-corrected chi connectivity index (χ2v) is 25.1. The number of nitrogens with two attached hydrogens (primary N) is 1. The van der Waals surface area contributed by atoms with Gasteiger partial charge in [0.05, 0.1) is 60.9 Å². The number of ether oxygens (including phenoxy) is 6. The van der Waals surface area contributed by atoms with Crippen molar-refractivity contribution < 1.29 is 76.7 Å². The lowest BCUT2D eigenvalue weighted by Gasteiger charge is -2.41. The van der Waals surface area contributed by atoms with Crippen molar-refractivity contribution >= 4 is 82.1 Å². The highest BCUT2D eigenvalue weighted by atomic mass is 35.5. The first-order valence-corrected chi connectivity index (χ1v) is 30.8. The second kappa shape index (κ2) is 31.2. The van der Waals surface area contributed by atoms with Crippen molar-refractivity contribution in [1.29, 1.82) is 0 Å². The molecule has 3 fully saturated rings. The molecule has 0 unspecified atom stereocenters. The Morgan fingerprint density at radius 2 is 1.72 bits per heavy atom. The fourth-order valence-electron chi connectivity index (χ4n) is 11.4. The fraction of sp³-hybridized carbons (Fsp3) is 0.609. The summed E-state index contributed by atoms with van der Waals surface area (Å²) in [5.74, 6) is -5.18. The Bertz CT molecular complexity index is 2930. The molecule has 2 aromatic rings. The molecule has 3 aliphatic heterocycles. The number of fused-ring (bicyclic) bond motifs is 5. The van der Waals surface area contributed by atoms with E-state index in [1.807, 2.05) is 26.8 Å². The van der Waals surface area contributed by atoms with E-state index in [1.54, 1.807) is 38.1 Å². The molecule has 2 saturated heterocycles. The van der Waals surface area contributed by atoms with Gasteiger partial charge < -0.3 is 59.7 Å². The summed E-state index contributed by atoms with van der Waals surface area (Å²) in [6.45, 7) is 10.9. The summed E-state index contributed by atoms with van der Waals surface area (Å²) in [4.78, 5) is 124. The number of nitrogens with zero attached hydrogens (tertiary/aromatic N) is 2. The zero-order valence-electron chi connectivity index (χ0n) is 51.7. The number of benzene rings is 2. The highest BCUT2D eigenvalue weighted by molar-refractivity contribution is 6.35. The zero-order valence-corrected chi connectivity index (χ0v) is 53.2. The number of primary amides is 1. The Morgan fingerprint density at radius 3 is 2.37 bits per heavy atom. The van der Waals surface area contributed by atoms with Crippen molar-refractivity contribution in [2.24, 2.45) is 29.4 Å². The second-order valence-electron chi connectivity index (χ2n) is 24.3. The van der Waals surface area contributed by atoms with Gasteiger partial charge in [-0.3, -0.25) is 33.6 Å². The summed E-state index contributed by atoms with van der Waals surface area (Å²) in [6, 6.07) is 4.83. The predicted molar refractivity (Wildman–Crippen MR) is 325 cm³/mol. The maximum atomic E-state index is 14.5. The molecule has 1 aliphatic carbocycles. The van der Waals surface area contributed by atoms with Crippen LogP contribution in [0.4, 0.5) is 10.5 Å². The number of halogens is 2. The molecule has 1 saturated carbocycles. The van der Waals surface area contributed by atoms with Crippen molar-refractivity contribution in [2.45, 2.75) is 186 Å². The first-order chi connectivity index (χ1) is 41.1. The zero-order chi connectivity index (χ0) is 64.1. The number of rotatable bonds is 25. The Balaban J connectivity index is 1.15. The molecule has 0 spiro atoms. The van der Waals surface area contributed by atoms with Crippen LogP contribution in [0.25, 0.3) is 0 Å². The number of hydrogen-bond donors (Lipinski definition) is 4. The quantitative estimate of drug-likeness (QED) is 0.0318. The molecule has 4 bridgehead atoms. The van der Waals surface area contributed by atoms with Crippen LogP contribution in [-0.2, 0) is 70.1 Å². The van der Waals surface area contributed by atoms with Crippen molar-refractivity contribution in [2.75, 3.05) is 46.4 Å². The predicted octanol–water partition coefficient (Wildman–Crippen LogP) is 7.91. The number of esters is 3. The van der Waals surface area contributed by atoms with Crippen LogP contribution in [0.5, 0.6) is 5.75 Å². The summed E-state index contributed by atoms with van der Waals surface area (Å²) >= 11 is 13.7. The SMILES string of the molecule is COc1cc2cc(c1Cl)N(C)C(=O)C[C@H](OC(=O)[C@H](C)N(C)C(=O)c1ccc(CC(=O)[C@H](CCCNC(N)=O)NC(=O)[C@@H](CC(=O)CCCCCOC(=O)C3CCC3)C(C)C)cc1Cl)[C@]1(C)O[C@H]1[C@H](C)[C@@H]1C[C@@](O)(CC(=O)O1)[C@H](OC)/C=C/C=C(\C)C2. The number of amides is 5. The van der Waals surface area contributed by atoms with Gasteiger partial charge >= 0.3 is 23.9 Å². The molecule has 0 aromatic heterocycles. The van der Waals surface area contributed by atoms with Crippen molar-refractivity contribution in [3.05, 3.63) is 80.9 Å². The van der Waals surface area contributed by atoms with Crippen molar-refractivity contribution in [1.82, 2.24) is 15.5 Å². The first-order valence-electron chi connectivity index (χ1n) is 30.0. The van der Waals surface area contributed by atoms with E-state index in [9.17, 15) is 48.3 Å². The number of methoxy groups -OCH3 is 2. The number of epoxide rings is 1. The minimum Gasteiger partial charge on any atom is -0.495 e. The lowest BCUT2D eigenvalue weighted by atomic mass is 9.78. The van der Waals surface area contributed by atoms with E-state index in [-0.39, 0.29) is 90.7 Å². The van der Waals surface area contributed by atoms with Gasteiger partial charge in [-0.15, -0.1) is 0 Å². The molecule has 23 heteroatoms. The third-order valence-corrected chi connectivity index (χ3v) is 18.1. The third-order valence-electron chi connectivity index (χ3n) is 17.4. The largest absolute Gasteiger partial charge is 0.495 e. The van der Waals surface area contributed by atoms with Gasteiger partial charge in [-0.1, -0.05) is 80.3 Å². The lowest BCUT2D eigenvalue weighted by Crippen LogP contribution is -2.53. The van der Waals surface area contributed by atoms with Gasteiger partial charge in [-0.2, -0.15) is 0 Å². The van der Waals surface area contributed by atoms with Crippen LogP contribution in [0.1, 0.15) is 146 Å². The Labute approximate surface area is 520 Å². The molecule has 21 nitrogen and oxygen atoms in total. The van der Waals surface area contributed by atoms with Crippen molar-refractivity contribution in [3.8, 4) is 5.75 Å². The normalized spacial score (nSPS) is 25.2. The number of allylic oxidation sites excluding steroid dienone is 3. The number of nitrogens with one attached hydrogen (secondary N) is 2. The average molecular weight is 1250 g/mol. The fourth-order valence-corrected chi connectivity index (χ4v) is 12.0. The number of carbonyl (C=O) groups excluding carboxylic acids is 9. The van der Waals surface area contributed by atoms with Crippen LogP contribution in [0.2, 0.25) is 10.0 Å². The minimum absolute atomic E-state index is 0.00169. The molecule has 4 aliphatic rings. The van der Waals surface area contributed by atoms with E-state index in [2.05, 4.69) is 10.6 Å². The Hall–Kier alpha value is -6.39. The summed E-state index contributed by atoms with van der Waals surface area (Å²) < 4.78 is 35.2. The number of anilines is 1. The molecule has 5 amide bonds. The van der Waals surface area contributed by atoms with E-state index in [4.69, 9.17) is 57.4 Å². The van der Waals surface area contributed by atoms with Crippen molar-refractivity contribution in [3.63, 3.8) is 0 Å². The van der Waals surface area contributed by atoms with Gasteiger partial charge in [0.25, 0.3) is 5.91 Å².